The first kappa shape index (κ1) is 17.7. The molecule has 4 rings (SSSR count). The molecule has 0 amide bonds. The molecule has 7 heteroatoms. The highest BCUT2D eigenvalue weighted by Crippen LogP contribution is 2.27. The fourth-order valence-electron chi connectivity index (χ4n) is 3.48. The van der Waals surface area contributed by atoms with Crippen LogP contribution in [-0.2, 0) is 13.6 Å². The molecule has 0 saturated carbocycles. The molecule has 140 valence electrons. The van der Waals surface area contributed by atoms with E-state index in [9.17, 15) is 0 Å². The van der Waals surface area contributed by atoms with Gasteiger partial charge in [0.1, 0.15) is 5.01 Å². The van der Waals surface area contributed by atoms with Crippen LogP contribution < -0.4 is 5.32 Å². The van der Waals surface area contributed by atoms with E-state index in [1.807, 2.05) is 43.2 Å². The van der Waals surface area contributed by atoms with Gasteiger partial charge in [-0.05, 0) is 12.0 Å². The van der Waals surface area contributed by atoms with Crippen molar-refractivity contribution in [3.63, 3.8) is 0 Å². The highest BCUT2D eigenvalue weighted by atomic mass is 32.1. The van der Waals surface area contributed by atoms with Crippen LogP contribution in [0.15, 0.2) is 53.1 Å². The maximum absolute atomic E-state index is 4.75. The van der Waals surface area contributed by atoms with Crippen LogP contribution in [0.1, 0.15) is 23.6 Å². The Bertz CT molecular complexity index is 913. The summed E-state index contributed by atoms with van der Waals surface area (Å²) in [5.41, 5.74) is 3.52. The average molecular weight is 381 g/mol. The van der Waals surface area contributed by atoms with E-state index in [1.54, 1.807) is 11.3 Å². The van der Waals surface area contributed by atoms with E-state index in [4.69, 9.17) is 4.98 Å². The van der Waals surface area contributed by atoms with Crippen molar-refractivity contribution in [1.82, 2.24) is 25.0 Å². The first-order valence-electron chi connectivity index (χ1n) is 9.17. The fraction of sp³-hybridized carbons (Fsp3) is 0.350. The quantitative estimate of drug-likeness (QED) is 0.558. The van der Waals surface area contributed by atoms with Gasteiger partial charge in [0.15, 0.2) is 5.96 Å². The van der Waals surface area contributed by atoms with Gasteiger partial charge in [-0.1, -0.05) is 30.3 Å². The normalized spacial score (nSPS) is 17.5. The number of aryl methyl sites for hydroxylation is 1. The molecular weight excluding hydrogens is 356 g/mol. The van der Waals surface area contributed by atoms with Crippen LogP contribution in [0.4, 0.5) is 0 Å². The van der Waals surface area contributed by atoms with Gasteiger partial charge in [-0.15, -0.1) is 11.3 Å². The van der Waals surface area contributed by atoms with Crippen LogP contribution in [0.3, 0.4) is 0 Å². The standard InChI is InChI=1S/C20H24N6S/c1-21-20(26-9-8-16(13-26)17-10-23-25(2)12-17)22-11-18-14-27-19(24-18)15-6-4-3-5-7-15/h3-7,10,12,14,16H,8-9,11,13H2,1-2H3,(H,21,22). The van der Waals surface area contributed by atoms with Crippen molar-refractivity contribution < 1.29 is 0 Å². The third-order valence-corrected chi connectivity index (χ3v) is 5.84. The summed E-state index contributed by atoms with van der Waals surface area (Å²) in [7, 11) is 3.81. The van der Waals surface area contributed by atoms with Crippen molar-refractivity contribution >= 4 is 17.3 Å². The van der Waals surface area contributed by atoms with Crippen LogP contribution >= 0.6 is 11.3 Å². The first-order valence-corrected chi connectivity index (χ1v) is 10.0. The van der Waals surface area contributed by atoms with Gasteiger partial charge in [-0.3, -0.25) is 9.67 Å². The van der Waals surface area contributed by atoms with E-state index < -0.39 is 0 Å². The average Bonchev–Trinajstić information content (AvgIpc) is 3.44. The Morgan fingerprint density at radius 3 is 2.93 bits per heavy atom. The van der Waals surface area contributed by atoms with Crippen molar-refractivity contribution in [2.75, 3.05) is 20.1 Å². The van der Waals surface area contributed by atoms with Crippen LogP contribution in [0.5, 0.6) is 0 Å². The third kappa shape index (κ3) is 4.03. The van der Waals surface area contributed by atoms with Crippen molar-refractivity contribution in [3.8, 4) is 10.6 Å². The largest absolute Gasteiger partial charge is 0.351 e. The zero-order valence-corrected chi connectivity index (χ0v) is 16.5. The molecule has 2 aromatic heterocycles. The molecule has 1 atom stereocenters. The summed E-state index contributed by atoms with van der Waals surface area (Å²) < 4.78 is 1.87. The summed E-state index contributed by atoms with van der Waals surface area (Å²) in [5.74, 6) is 1.46. The Hall–Kier alpha value is -2.67. The van der Waals surface area contributed by atoms with E-state index in [-0.39, 0.29) is 0 Å². The third-order valence-electron chi connectivity index (χ3n) is 4.90. The highest BCUT2D eigenvalue weighted by Gasteiger charge is 2.26. The number of nitrogens with one attached hydrogen (secondary N) is 1. The predicted molar refractivity (Wildman–Crippen MR) is 110 cm³/mol. The van der Waals surface area contributed by atoms with Crippen molar-refractivity contribution in [3.05, 3.63) is 59.4 Å². The number of thiazole rings is 1. The molecule has 1 saturated heterocycles. The second kappa shape index (κ2) is 7.92. The minimum Gasteiger partial charge on any atom is -0.351 e. The highest BCUT2D eigenvalue weighted by molar-refractivity contribution is 7.13. The van der Waals surface area contributed by atoms with E-state index in [1.165, 1.54) is 5.56 Å². The van der Waals surface area contributed by atoms with Crippen molar-refractivity contribution in [2.24, 2.45) is 12.0 Å². The topological polar surface area (TPSA) is 58.3 Å². The Kier molecular flexibility index (Phi) is 5.20. The Balaban J connectivity index is 1.36. The second-order valence-corrected chi connectivity index (χ2v) is 7.65. The van der Waals surface area contributed by atoms with Gasteiger partial charge in [0.2, 0.25) is 0 Å². The van der Waals surface area contributed by atoms with Gasteiger partial charge in [-0.2, -0.15) is 5.10 Å². The van der Waals surface area contributed by atoms with E-state index in [2.05, 4.69) is 44.0 Å². The molecule has 0 spiro atoms. The summed E-state index contributed by atoms with van der Waals surface area (Å²) in [6, 6.07) is 10.3. The van der Waals surface area contributed by atoms with E-state index in [0.717, 1.165) is 41.7 Å². The number of aromatic nitrogens is 3. The molecule has 0 radical (unpaired) electrons. The van der Waals surface area contributed by atoms with E-state index in [0.29, 0.717) is 12.5 Å². The number of benzene rings is 1. The number of rotatable bonds is 4. The zero-order chi connectivity index (χ0) is 18.6. The first-order chi connectivity index (χ1) is 13.2. The van der Waals surface area contributed by atoms with Crippen molar-refractivity contribution in [1.29, 1.82) is 0 Å². The lowest BCUT2D eigenvalue weighted by Gasteiger charge is -2.21. The van der Waals surface area contributed by atoms with Gasteiger partial charge in [0, 0.05) is 50.2 Å². The Morgan fingerprint density at radius 1 is 1.33 bits per heavy atom. The SMILES string of the molecule is CN=C(NCc1csc(-c2ccccc2)n1)N1CCC(c2cnn(C)c2)C1. The minimum absolute atomic E-state index is 0.515. The molecule has 0 aliphatic carbocycles. The predicted octanol–water partition coefficient (Wildman–Crippen LogP) is 3.11. The van der Waals surface area contributed by atoms with Crippen molar-refractivity contribution in [2.45, 2.75) is 18.9 Å². The fourth-order valence-corrected chi connectivity index (χ4v) is 4.30. The summed E-state index contributed by atoms with van der Waals surface area (Å²) in [6.45, 7) is 2.66. The number of guanidine groups is 1. The number of hydrogen-bond donors (Lipinski definition) is 1. The lowest BCUT2D eigenvalue weighted by Crippen LogP contribution is -2.39. The number of aliphatic imine (C=N–C) groups is 1. The van der Waals surface area contributed by atoms with Gasteiger partial charge in [-0.25, -0.2) is 4.98 Å². The molecule has 0 bridgehead atoms. The summed E-state index contributed by atoms with van der Waals surface area (Å²) in [6.07, 6.45) is 5.22. The lowest BCUT2D eigenvalue weighted by molar-refractivity contribution is 0.485. The summed E-state index contributed by atoms with van der Waals surface area (Å²) in [5, 5.41) is 10.9. The molecule has 27 heavy (non-hydrogen) atoms. The maximum Gasteiger partial charge on any atom is 0.193 e. The molecule has 3 heterocycles. The van der Waals surface area contributed by atoms with Gasteiger partial charge >= 0.3 is 0 Å². The number of nitrogens with zero attached hydrogens (tertiary/aromatic N) is 5. The van der Waals surface area contributed by atoms with Crippen LogP contribution in [-0.4, -0.2) is 45.8 Å². The summed E-state index contributed by atoms with van der Waals surface area (Å²) in [4.78, 5) is 11.5. The Morgan fingerprint density at radius 2 is 2.19 bits per heavy atom. The van der Waals surface area contributed by atoms with Gasteiger partial charge < -0.3 is 10.2 Å². The zero-order valence-electron chi connectivity index (χ0n) is 15.7. The second-order valence-electron chi connectivity index (χ2n) is 6.79. The smallest absolute Gasteiger partial charge is 0.193 e. The maximum atomic E-state index is 4.75. The van der Waals surface area contributed by atoms with Crippen LogP contribution in [0.2, 0.25) is 0 Å². The Labute approximate surface area is 163 Å². The summed E-state index contributed by atoms with van der Waals surface area (Å²) >= 11 is 1.68. The van der Waals surface area contributed by atoms with Crippen LogP contribution in [0, 0.1) is 0 Å². The van der Waals surface area contributed by atoms with Gasteiger partial charge in [0.25, 0.3) is 0 Å². The molecule has 1 N–H and O–H groups in total. The van der Waals surface area contributed by atoms with Gasteiger partial charge in [0.05, 0.1) is 18.4 Å². The molecular formula is C20H24N6S. The molecule has 3 aromatic rings. The lowest BCUT2D eigenvalue weighted by atomic mass is 10.0. The monoisotopic (exact) mass is 380 g/mol. The molecule has 1 aromatic carbocycles. The van der Waals surface area contributed by atoms with E-state index >= 15 is 0 Å². The molecule has 1 aliphatic heterocycles. The number of hydrogen-bond acceptors (Lipinski definition) is 4. The minimum atomic E-state index is 0.515. The molecule has 1 unspecified atom stereocenters. The molecule has 6 nitrogen and oxygen atoms in total. The molecule has 1 fully saturated rings. The molecule has 1 aliphatic rings. The number of likely N-dealkylation sites (tertiary alicyclic amines) is 1. The van der Waals surface area contributed by atoms with Crippen LogP contribution in [0.25, 0.3) is 10.6 Å².